The van der Waals surface area contributed by atoms with Gasteiger partial charge in [-0.15, -0.1) is 0 Å². The minimum absolute atomic E-state index is 0.116. The van der Waals surface area contributed by atoms with Crippen molar-refractivity contribution in [2.75, 3.05) is 0 Å². The standard InChI is InChI=1S/C6H6N2O3/c9-5-4(6(10)8-11)2-1-3-7-5/h1-3,11H,(H,7,9)(H,8,10). The third-order valence-electron chi connectivity index (χ3n) is 1.16. The Labute approximate surface area is 61.6 Å². The monoisotopic (exact) mass is 154 g/mol. The molecule has 1 aromatic heterocycles. The number of aromatic amines is 1. The Bertz CT molecular complexity index is 318. The van der Waals surface area contributed by atoms with E-state index >= 15 is 0 Å². The number of carbonyl (C=O) groups excluding carboxylic acids is 1. The van der Waals surface area contributed by atoms with Gasteiger partial charge in [-0.1, -0.05) is 0 Å². The molecule has 0 spiro atoms. The van der Waals surface area contributed by atoms with Crippen LogP contribution < -0.4 is 11.0 Å². The van der Waals surface area contributed by atoms with Gasteiger partial charge in [0.25, 0.3) is 11.5 Å². The maximum Gasteiger partial charge on any atom is 0.280 e. The first-order valence-corrected chi connectivity index (χ1v) is 2.88. The fourth-order valence-electron chi connectivity index (χ4n) is 0.661. The lowest BCUT2D eigenvalue weighted by molar-refractivity contribution is 0.0704. The number of aromatic nitrogens is 1. The van der Waals surface area contributed by atoms with Crippen LogP contribution in [-0.2, 0) is 0 Å². The number of hydroxylamine groups is 1. The van der Waals surface area contributed by atoms with Crippen LogP contribution in [0.3, 0.4) is 0 Å². The molecule has 0 saturated carbocycles. The van der Waals surface area contributed by atoms with Crippen molar-refractivity contribution < 1.29 is 10.0 Å². The van der Waals surface area contributed by atoms with Crippen molar-refractivity contribution in [3.05, 3.63) is 34.2 Å². The number of nitrogens with one attached hydrogen (secondary N) is 2. The SMILES string of the molecule is O=C(NO)c1ccc[nH]c1=O. The van der Waals surface area contributed by atoms with Crippen LogP contribution in [0.1, 0.15) is 10.4 Å². The molecule has 1 rings (SSSR count). The van der Waals surface area contributed by atoms with Crippen LogP contribution >= 0.6 is 0 Å². The van der Waals surface area contributed by atoms with Crippen molar-refractivity contribution in [1.82, 2.24) is 10.5 Å². The van der Waals surface area contributed by atoms with Crippen molar-refractivity contribution >= 4 is 5.91 Å². The van der Waals surface area contributed by atoms with Gasteiger partial charge in [0, 0.05) is 6.20 Å². The summed E-state index contributed by atoms with van der Waals surface area (Å²) in [6.07, 6.45) is 1.40. The van der Waals surface area contributed by atoms with Crippen molar-refractivity contribution in [3.63, 3.8) is 0 Å². The van der Waals surface area contributed by atoms with E-state index in [4.69, 9.17) is 5.21 Å². The molecular weight excluding hydrogens is 148 g/mol. The predicted octanol–water partition coefficient (Wildman–Crippen LogP) is -0.506. The molecule has 0 aliphatic heterocycles. The van der Waals surface area contributed by atoms with Gasteiger partial charge in [0.1, 0.15) is 5.56 Å². The van der Waals surface area contributed by atoms with E-state index in [9.17, 15) is 9.59 Å². The number of hydrogen-bond acceptors (Lipinski definition) is 3. The fraction of sp³-hybridized carbons (Fsp3) is 0. The Morgan fingerprint density at radius 3 is 2.91 bits per heavy atom. The van der Waals surface area contributed by atoms with Gasteiger partial charge in [0.2, 0.25) is 0 Å². The number of amides is 1. The molecule has 0 bridgehead atoms. The van der Waals surface area contributed by atoms with Gasteiger partial charge >= 0.3 is 0 Å². The van der Waals surface area contributed by atoms with Gasteiger partial charge in [-0.3, -0.25) is 14.8 Å². The molecule has 0 aliphatic carbocycles. The van der Waals surface area contributed by atoms with E-state index in [0.717, 1.165) is 0 Å². The Kier molecular flexibility index (Phi) is 2.03. The van der Waals surface area contributed by atoms with E-state index in [1.54, 1.807) is 0 Å². The summed E-state index contributed by atoms with van der Waals surface area (Å²) in [4.78, 5) is 23.7. The van der Waals surface area contributed by atoms with Gasteiger partial charge in [-0.05, 0) is 12.1 Å². The summed E-state index contributed by atoms with van der Waals surface area (Å²) >= 11 is 0. The van der Waals surface area contributed by atoms with Crippen molar-refractivity contribution in [3.8, 4) is 0 Å². The van der Waals surface area contributed by atoms with Crippen LogP contribution in [0.4, 0.5) is 0 Å². The van der Waals surface area contributed by atoms with Gasteiger partial charge in [-0.2, -0.15) is 0 Å². The molecule has 0 unspecified atom stereocenters. The second-order valence-corrected chi connectivity index (χ2v) is 1.85. The number of rotatable bonds is 1. The summed E-state index contributed by atoms with van der Waals surface area (Å²) in [5.74, 6) is -0.813. The minimum Gasteiger partial charge on any atom is -0.328 e. The second kappa shape index (κ2) is 2.98. The van der Waals surface area contributed by atoms with Gasteiger partial charge in [0.15, 0.2) is 0 Å². The number of pyridine rings is 1. The fourth-order valence-corrected chi connectivity index (χ4v) is 0.661. The number of hydrogen-bond donors (Lipinski definition) is 3. The zero-order valence-electron chi connectivity index (χ0n) is 5.50. The molecule has 5 nitrogen and oxygen atoms in total. The van der Waals surface area contributed by atoms with Crippen LogP contribution in [0.15, 0.2) is 23.1 Å². The van der Waals surface area contributed by atoms with Crippen molar-refractivity contribution in [1.29, 1.82) is 0 Å². The van der Waals surface area contributed by atoms with Crippen LogP contribution in [0.5, 0.6) is 0 Å². The van der Waals surface area contributed by atoms with E-state index < -0.39 is 11.5 Å². The summed E-state index contributed by atoms with van der Waals surface area (Å²) in [6.45, 7) is 0. The van der Waals surface area contributed by atoms with E-state index in [2.05, 4.69) is 4.98 Å². The van der Waals surface area contributed by atoms with Gasteiger partial charge < -0.3 is 4.98 Å². The average Bonchev–Trinajstić information content (AvgIpc) is 2.04. The number of carbonyl (C=O) groups is 1. The minimum atomic E-state index is -0.813. The van der Waals surface area contributed by atoms with Crippen molar-refractivity contribution in [2.24, 2.45) is 0 Å². The summed E-state index contributed by atoms with van der Waals surface area (Å²) in [6, 6.07) is 2.80. The Morgan fingerprint density at radius 2 is 2.36 bits per heavy atom. The lowest BCUT2D eigenvalue weighted by atomic mass is 10.3. The topological polar surface area (TPSA) is 82.2 Å². The molecule has 0 atom stereocenters. The van der Waals surface area contributed by atoms with E-state index in [1.165, 1.54) is 23.8 Å². The van der Waals surface area contributed by atoms with E-state index in [1.807, 2.05) is 0 Å². The molecule has 0 fully saturated rings. The van der Waals surface area contributed by atoms with Gasteiger partial charge in [-0.25, -0.2) is 5.48 Å². The smallest absolute Gasteiger partial charge is 0.280 e. The quantitative estimate of drug-likeness (QED) is 0.376. The van der Waals surface area contributed by atoms with Crippen molar-refractivity contribution in [2.45, 2.75) is 0 Å². The molecule has 0 saturated heterocycles. The third kappa shape index (κ3) is 1.44. The zero-order valence-corrected chi connectivity index (χ0v) is 5.50. The molecule has 3 N–H and O–H groups in total. The Hall–Kier alpha value is -1.62. The first kappa shape index (κ1) is 7.49. The first-order chi connectivity index (χ1) is 5.25. The average molecular weight is 154 g/mol. The summed E-state index contributed by atoms with van der Waals surface area (Å²) in [5.41, 5.74) is 0.719. The van der Waals surface area contributed by atoms with Crippen LogP contribution in [0.2, 0.25) is 0 Å². The maximum absolute atomic E-state index is 10.8. The maximum atomic E-state index is 10.8. The molecular formula is C6H6N2O3. The molecule has 11 heavy (non-hydrogen) atoms. The molecule has 0 aromatic carbocycles. The molecule has 1 heterocycles. The zero-order chi connectivity index (χ0) is 8.27. The van der Waals surface area contributed by atoms with E-state index in [-0.39, 0.29) is 5.56 Å². The highest BCUT2D eigenvalue weighted by molar-refractivity contribution is 5.92. The normalized spacial score (nSPS) is 9.18. The molecule has 0 aliphatic rings. The second-order valence-electron chi connectivity index (χ2n) is 1.85. The van der Waals surface area contributed by atoms with Gasteiger partial charge in [0.05, 0.1) is 0 Å². The Morgan fingerprint density at radius 1 is 1.64 bits per heavy atom. The third-order valence-corrected chi connectivity index (χ3v) is 1.16. The first-order valence-electron chi connectivity index (χ1n) is 2.88. The number of H-pyrrole nitrogens is 1. The summed E-state index contributed by atoms with van der Waals surface area (Å²) < 4.78 is 0. The molecule has 5 heteroatoms. The summed E-state index contributed by atoms with van der Waals surface area (Å²) in [5, 5.41) is 8.16. The van der Waals surface area contributed by atoms with Crippen LogP contribution in [0, 0.1) is 0 Å². The summed E-state index contributed by atoms with van der Waals surface area (Å²) in [7, 11) is 0. The molecule has 1 amide bonds. The lowest BCUT2D eigenvalue weighted by Crippen LogP contribution is -2.26. The Balaban J connectivity index is 3.14. The predicted molar refractivity (Wildman–Crippen MR) is 36.3 cm³/mol. The highest BCUT2D eigenvalue weighted by Gasteiger charge is 2.06. The molecule has 1 aromatic rings. The highest BCUT2D eigenvalue weighted by atomic mass is 16.5. The largest absolute Gasteiger partial charge is 0.328 e. The van der Waals surface area contributed by atoms with Crippen LogP contribution in [-0.4, -0.2) is 16.1 Å². The van der Waals surface area contributed by atoms with Crippen LogP contribution in [0.25, 0.3) is 0 Å². The molecule has 0 radical (unpaired) electrons. The highest BCUT2D eigenvalue weighted by Crippen LogP contribution is 1.86. The lowest BCUT2D eigenvalue weighted by Gasteiger charge is -1.94. The van der Waals surface area contributed by atoms with E-state index in [0.29, 0.717) is 0 Å². The molecule has 58 valence electrons.